The van der Waals surface area contributed by atoms with Gasteiger partial charge in [-0.2, -0.15) is 8.42 Å². The van der Waals surface area contributed by atoms with Gasteiger partial charge < -0.3 is 19.5 Å². The molecule has 0 aliphatic carbocycles. The first-order valence-electron chi connectivity index (χ1n) is 11.8. The van der Waals surface area contributed by atoms with Crippen LogP contribution in [0.5, 0.6) is 11.5 Å². The average Bonchev–Trinajstić information content (AvgIpc) is 3.11. The highest BCUT2D eigenvalue weighted by Gasteiger charge is 2.38. The SMILES string of the molecule is CC(C)(C)OC(=O)NCCOc1ccc2c(F)c(N3CC(=O)NS3(=O)=O)c(OCc3ccccc3)cc2c1. The van der Waals surface area contributed by atoms with Crippen LogP contribution in [0.3, 0.4) is 0 Å². The van der Waals surface area contributed by atoms with E-state index in [4.69, 9.17) is 14.2 Å². The highest BCUT2D eigenvalue weighted by molar-refractivity contribution is 7.92. The molecule has 0 atom stereocenters. The molecule has 1 aliphatic rings. The molecule has 10 nitrogen and oxygen atoms in total. The van der Waals surface area contributed by atoms with Crippen LogP contribution >= 0.6 is 0 Å². The Morgan fingerprint density at radius 3 is 2.50 bits per heavy atom. The zero-order valence-electron chi connectivity index (χ0n) is 21.1. The summed E-state index contributed by atoms with van der Waals surface area (Å²) in [5, 5.41) is 3.09. The van der Waals surface area contributed by atoms with Gasteiger partial charge in [-0.15, -0.1) is 0 Å². The van der Waals surface area contributed by atoms with Crippen molar-refractivity contribution < 1.29 is 36.6 Å². The fourth-order valence-electron chi connectivity index (χ4n) is 3.75. The predicted molar refractivity (Wildman–Crippen MR) is 139 cm³/mol. The molecule has 0 unspecified atom stereocenters. The fourth-order valence-corrected chi connectivity index (χ4v) is 4.92. The molecule has 4 rings (SSSR count). The van der Waals surface area contributed by atoms with E-state index < -0.39 is 40.2 Å². The summed E-state index contributed by atoms with van der Waals surface area (Å²) >= 11 is 0. The van der Waals surface area contributed by atoms with E-state index in [1.54, 1.807) is 26.8 Å². The summed E-state index contributed by atoms with van der Waals surface area (Å²) in [5.74, 6) is -1.29. The number of rotatable bonds is 8. The van der Waals surface area contributed by atoms with Crippen LogP contribution in [0.25, 0.3) is 10.8 Å². The van der Waals surface area contributed by atoms with Gasteiger partial charge in [0, 0.05) is 5.39 Å². The molecule has 38 heavy (non-hydrogen) atoms. The molecule has 1 heterocycles. The molecule has 0 aromatic heterocycles. The maximum Gasteiger partial charge on any atom is 0.407 e. The van der Waals surface area contributed by atoms with E-state index in [9.17, 15) is 18.0 Å². The quantitative estimate of drug-likeness (QED) is 0.414. The predicted octanol–water partition coefficient (Wildman–Crippen LogP) is 3.64. The molecule has 1 aliphatic heterocycles. The third kappa shape index (κ3) is 6.43. The topological polar surface area (TPSA) is 123 Å². The maximum absolute atomic E-state index is 15.8. The van der Waals surface area contributed by atoms with Gasteiger partial charge in [-0.3, -0.25) is 4.79 Å². The number of nitrogens with one attached hydrogen (secondary N) is 2. The Kier molecular flexibility index (Phi) is 7.63. The Morgan fingerprint density at radius 2 is 1.84 bits per heavy atom. The molecule has 0 saturated carbocycles. The first kappa shape index (κ1) is 27.0. The molecule has 12 heteroatoms. The van der Waals surface area contributed by atoms with Gasteiger partial charge >= 0.3 is 16.3 Å². The highest BCUT2D eigenvalue weighted by atomic mass is 32.2. The van der Waals surface area contributed by atoms with Gasteiger partial charge in [0.2, 0.25) is 0 Å². The van der Waals surface area contributed by atoms with Gasteiger partial charge in [-0.05, 0) is 56.0 Å². The summed E-state index contributed by atoms with van der Waals surface area (Å²) < 4.78 is 60.1. The van der Waals surface area contributed by atoms with Crippen LogP contribution in [0.2, 0.25) is 0 Å². The Labute approximate surface area is 219 Å². The maximum atomic E-state index is 15.8. The van der Waals surface area contributed by atoms with Crippen LogP contribution in [-0.2, 0) is 26.3 Å². The summed E-state index contributed by atoms with van der Waals surface area (Å²) in [5.41, 5.74) is -0.196. The zero-order chi connectivity index (χ0) is 27.5. The molecule has 202 valence electrons. The van der Waals surface area contributed by atoms with Gasteiger partial charge in [0.15, 0.2) is 5.82 Å². The van der Waals surface area contributed by atoms with Crippen molar-refractivity contribution in [2.75, 3.05) is 24.0 Å². The molecule has 2 amide bonds. The summed E-state index contributed by atoms with van der Waals surface area (Å²) in [7, 11) is -4.28. The molecule has 1 fully saturated rings. The van der Waals surface area contributed by atoms with E-state index in [0.717, 1.165) is 5.56 Å². The van der Waals surface area contributed by atoms with Crippen LogP contribution < -0.4 is 23.8 Å². The minimum absolute atomic E-state index is 0.0422. The first-order valence-corrected chi connectivity index (χ1v) is 13.2. The Hall–Kier alpha value is -4.06. The second-order valence-corrected chi connectivity index (χ2v) is 11.1. The summed E-state index contributed by atoms with van der Waals surface area (Å²) in [4.78, 5) is 23.6. The standard InChI is InChI=1S/C26H28FN3O7S/c1-26(2,3)37-25(32)28-11-12-35-19-9-10-20-18(13-19)14-21(36-16-17-7-5-4-6-8-17)24(23(20)27)30-15-22(31)29-38(30,33)34/h4-10,13-14H,11-12,15-16H2,1-3H3,(H,28,32)(H,29,31). The van der Waals surface area contributed by atoms with E-state index in [1.807, 2.05) is 35.1 Å². The lowest BCUT2D eigenvalue weighted by Gasteiger charge is -2.21. The normalized spacial score (nSPS) is 14.7. The zero-order valence-corrected chi connectivity index (χ0v) is 21.9. The van der Waals surface area contributed by atoms with Crippen LogP contribution in [0.4, 0.5) is 14.9 Å². The summed E-state index contributed by atoms with van der Waals surface area (Å²) in [6, 6.07) is 15.1. The van der Waals surface area contributed by atoms with Crippen molar-refractivity contribution in [1.82, 2.24) is 10.0 Å². The lowest BCUT2D eigenvalue weighted by atomic mass is 10.1. The van der Waals surface area contributed by atoms with Crippen molar-refractivity contribution in [2.45, 2.75) is 33.0 Å². The minimum atomic E-state index is -4.28. The smallest absolute Gasteiger partial charge is 0.407 e. The van der Waals surface area contributed by atoms with Gasteiger partial charge in [-0.1, -0.05) is 30.3 Å². The molecular weight excluding hydrogens is 517 g/mol. The van der Waals surface area contributed by atoms with Crippen molar-refractivity contribution in [3.05, 3.63) is 66.0 Å². The van der Waals surface area contributed by atoms with Gasteiger partial charge in [-0.25, -0.2) is 18.2 Å². The number of ether oxygens (including phenoxy) is 3. The van der Waals surface area contributed by atoms with Crippen LogP contribution in [0, 0.1) is 5.82 Å². The van der Waals surface area contributed by atoms with Crippen LogP contribution in [0.1, 0.15) is 26.3 Å². The van der Waals surface area contributed by atoms with Gasteiger partial charge in [0.25, 0.3) is 5.91 Å². The number of hydrogen-bond donors (Lipinski definition) is 2. The molecule has 3 aromatic rings. The van der Waals surface area contributed by atoms with Gasteiger partial charge in [0.05, 0.1) is 6.54 Å². The van der Waals surface area contributed by atoms with Gasteiger partial charge in [0.1, 0.15) is 42.5 Å². The van der Waals surface area contributed by atoms with Crippen molar-refractivity contribution in [3.8, 4) is 11.5 Å². The minimum Gasteiger partial charge on any atom is -0.492 e. The summed E-state index contributed by atoms with van der Waals surface area (Å²) in [6.07, 6.45) is -0.570. The van der Waals surface area contributed by atoms with Crippen molar-refractivity contribution in [3.63, 3.8) is 0 Å². The lowest BCUT2D eigenvalue weighted by Crippen LogP contribution is -2.34. The molecule has 0 spiro atoms. The number of benzene rings is 3. The molecule has 1 saturated heterocycles. The molecule has 0 radical (unpaired) electrons. The Bertz CT molecular complexity index is 1460. The molecule has 0 bridgehead atoms. The number of carbonyl (C=O) groups excluding carboxylic acids is 2. The second kappa shape index (κ2) is 10.7. The number of halogens is 1. The van der Waals surface area contributed by atoms with Crippen LogP contribution in [0.15, 0.2) is 54.6 Å². The van der Waals surface area contributed by atoms with Crippen molar-refractivity contribution in [1.29, 1.82) is 0 Å². The lowest BCUT2D eigenvalue weighted by molar-refractivity contribution is -0.117. The average molecular weight is 546 g/mol. The highest BCUT2D eigenvalue weighted by Crippen LogP contribution is 2.40. The Balaban J connectivity index is 1.59. The van der Waals surface area contributed by atoms with Crippen LogP contribution in [-0.4, -0.2) is 45.7 Å². The van der Waals surface area contributed by atoms with E-state index in [2.05, 4.69) is 5.32 Å². The largest absolute Gasteiger partial charge is 0.492 e. The number of nitrogens with zero attached hydrogens (tertiary/aromatic N) is 1. The molecule has 3 aromatic carbocycles. The number of hydrogen-bond acceptors (Lipinski definition) is 7. The monoisotopic (exact) mass is 545 g/mol. The third-order valence-electron chi connectivity index (χ3n) is 5.33. The van der Waals surface area contributed by atoms with Crippen molar-refractivity contribution >= 4 is 38.7 Å². The number of carbonyl (C=O) groups is 2. The first-order chi connectivity index (χ1) is 17.9. The van der Waals surface area contributed by atoms with E-state index in [1.165, 1.54) is 18.2 Å². The summed E-state index contributed by atoms with van der Waals surface area (Å²) in [6.45, 7) is 5.05. The fraction of sp³-hybridized carbons (Fsp3) is 0.308. The number of fused-ring (bicyclic) bond motifs is 1. The third-order valence-corrected chi connectivity index (χ3v) is 6.71. The molecule has 2 N–H and O–H groups in total. The molecular formula is C26H28FN3O7S. The number of amides is 2. The number of anilines is 1. The number of alkyl carbamates (subject to hydrolysis) is 1. The Morgan fingerprint density at radius 1 is 1.11 bits per heavy atom. The van der Waals surface area contributed by atoms with E-state index in [0.29, 0.717) is 15.4 Å². The van der Waals surface area contributed by atoms with Crippen molar-refractivity contribution in [2.24, 2.45) is 0 Å². The van der Waals surface area contributed by atoms with E-state index >= 15 is 4.39 Å². The second-order valence-electron chi connectivity index (χ2n) is 9.51. The van der Waals surface area contributed by atoms with E-state index in [-0.39, 0.29) is 36.6 Å².